The van der Waals surface area contributed by atoms with Gasteiger partial charge in [0.2, 0.25) is 0 Å². The van der Waals surface area contributed by atoms with Crippen LogP contribution >= 0.6 is 19.9 Å². The van der Waals surface area contributed by atoms with E-state index < -0.39 is 12.8 Å². The van der Waals surface area contributed by atoms with Gasteiger partial charge in [-0.15, -0.1) is 0 Å². The third-order valence-electron chi connectivity index (χ3n) is 0.681. The Morgan fingerprint density at radius 3 is 2.14 bits per heavy atom. The minimum atomic E-state index is -1.30. The molecule has 0 bridgehead atoms. The molecule has 7 heavy (non-hydrogen) atoms. The van der Waals surface area contributed by atoms with E-state index in [0.29, 0.717) is 0 Å². The molecule has 0 aromatic heterocycles. The Hall–Kier alpha value is 1.14. The van der Waals surface area contributed by atoms with Crippen molar-refractivity contribution in [2.45, 2.75) is 25.0 Å². The summed E-state index contributed by atoms with van der Waals surface area (Å²) in [4.78, 5) is 0. The van der Waals surface area contributed by atoms with E-state index in [1.807, 2.05) is 0 Å². The standard InChI is InChI=1S/C4H9AsCl2/c1-2-3-4-5(6)7/h2-4H2,1H3. The van der Waals surface area contributed by atoms with Crippen LogP contribution in [0, 0.1) is 0 Å². The Kier molecular flexibility index (Phi) is 6.14. The number of hydrogen-bond acceptors (Lipinski definition) is 0. The molecule has 0 nitrogen and oxygen atoms in total. The summed E-state index contributed by atoms with van der Waals surface area (Å²) in [6.07, 6.45) is 2.41. The second kappa shape index (κ2) is 5.28. The summed E-state index contributed by atoms with van der Waals surface area (Å²) < 4.78 is 0. The molecular weight excluding hydrogens is 194 g/mol. The molecule has 0 heterocycles. The molecule has 0 saturated heterocycles. The van der Waals surface area contributed by atoms with Crippen LogP contribution in [0.4, 0.5) is 0 Å². The van der Waals surface area contributed by atoms with Crippen molar-refractivity contribution < 1.29 is 0 Å². The maximum atomic E-state index is 5.57. The first-order chi connectivity index (χ1) is 3.27. The molecule has 0 aromatic carbocycles. The van der Waals surface area contributed by atoms with Gasteiger partial charge < -0.3 is 0 Å². The van der Waals surface area contributed by atoms with Crippen molar-refractivity contribution in [2.24, 2.45) is 0 Å². The van der Waals surface area contributed by atoms with Crippen LogP contribution in [0.3, 0.4) is 0 Å². The Labute approximate surface area is 57.8 Å². The van der Waals surface area contributed by atoms with E-state index in [2.05, 4.69) is 6.92 Å². The zero-order valence-electron chi connectivity index (χ0n) is 4.32. The average molecular weight is 203 g/mol. The first kappa shape index (κ1) is 8.14. The fraction of sp³-hybridized carbons (Fsp3) is 1.00. The summed E-state index contributed by atoms with van der Waals surface area (Å²) >= 11 is -1.30. The van der Waals surface area contributed by atoms with Crippen LogP contribution in [0.1, 0.15) is 19.8 Å². The van der Waals surface area contributed by atoms with Crippen LogP contribution in [0.15, 0.2) is 0 Å². The quantitative estimate of drug-likeness (QED) is 0.618. The van der Waals surface area contributed by atoms with E-state index in [0.717, 1.165) is 5.21 Å². The Balaban J connectivity index is 2.68. The molecule has 0 aliphatic carbocycles. The van der Waals surface area contributed by atoms with Crippen molar-refractivity contribution in [1.82, 2.24) is 0 Å². The van der Waals surface area contributed by atoms with Crippen LogP contribution in [-0.2, 0) is 0 Å². The molecule has 0 radical (unpaired) electrons. The summed E-state index contributed by atoms with van der Waals surface area (Å²) in [6, 6.07) is 0. The van der Waals surface area contributed by atoms with Crippen LogP contribution in [-0.4, -0.2) is 12.8 Å². The topological polar surface area (TPSA) is 0 Å². The molecule has 0 N–H and O–H groups in total. The molecule has 0 amide bonds. The van der Waals surface area contributed by atoms with Gasteiger partial charge in [-0.3, -0.25) is 0 Å². The van der Waals surface area contributed by atoms with Gasteiger partial charge in [0, 0.05) is 0 Å². The van der Waals surface area contributed by atoms with E-state index >= 15 is 0 Å². The van der Waals surface area contributed by atoms with Gasteiger partial charge in [0.15, 0.2) is 0 Å². The van der Waals surface area contributed by atoms with E-state index in [1.165, 1.54) is 12.8 Å². The van der Waals surface area contributed by atoms with Gasteiger partial charge in [-0.05, 0) is 0 Å². The number of rotatable bonds is 3. The molecule has 0 unspecified atom stereocenters. The van der Waals surface area contributed by atoms with Gasteiger partial charge in [0.05, 0.1) is 0 Å². The molecule has 0 fully saturated rings. The van der Waals surface area contributed by atoms with Gasteiger partial charge in [-0.2, -0.15) is 0 Å². The van der Waals surface area contributed by atoms with Crippen LogP contribution in [0.2, 0.25) is 5.21 Å². The second-order valence-electron chi connectivity index (χ2n) is 1.38. The van der Waals surface area contributed by atoms with Gasteiger partial charge in [-0.1, -0.05) is 0 Å². The number of unbranched alkanes of at least 4 members (excludes halogenated alkanes) is 1. The predicted molar refractivity (Wildman–Crippen MR) is 37.2 cm³/mol. The molecule has 0 spiro atoms. The summed E-state index contributed by atoms with van der Waals surface area (Å²) in [5.74, 6) is 0. The summed E-state index contributed by atoms with van der Waals surface area (Å²) in [6.45, 7) is 2.14. The van der Waals surface area contributed by atoms with E-state index in [1.54, 1.807) is 0 Å². The normalized spacial score (nSPS) is 10.3. The van der Waals surface area contributed by atoms with Gasteiger partial charge in [0.25, 0.3) is 0 Å². The molecule has 0 aliphatic rings. The van der Waals surface area contributed by atoms with Crippen molar-refractivity contribution in [2.75, 3.05) is 0 Å². The molecule has 0 aliphatic heterocycles. The fourth-order valence-electron chi connectivity index (χ4n) is 0.278. The fourth-order valence-corrected chi connectivity index (χ4v) is 2.68. The second-order valence-corrected chi connectivity index (χ2v) is 8.73. The molecule has 44 valence electrons. The Morgan fingerprint density at radius 2 is 2.00 bits per heavy atom. The van der Waals surface area contributed by atoms with Crippen molar-refractivity contribution >= 4 is 32.7 Å². The van der Waals surface area contributed by atoms with E-state index in [-0.39, 0.29) is 0 Å². The summed E-state index contributed by atoms with van der Waals surface area (Å²) in [5.41, 5.74) is 0. The van der Waals surface area contributed by atoms with E-state index in [4.69, 9.17) is 19.9 Å². The Morgan fingerprint density at radius 1 is 1.43 bits per heavy atom. The third kappa shape index (κ3) is 7.14. The first-order valence-electron chi connectivity index (χ1n) is 2.36. The van der Waals surface area contributed by atoms with Crippen molar-refractivity contribution in [3.05, 3.63) is 0 Å². The summed E-state index contributed by atoms with van der Waals surface area (Å²) in [7, 11) is 11.1. The molecule has 0 rings (SSSR count). The zero-order chi connectivity index (χ0) is 5.70. The summed E-state index contributed by atoms with van der Waals surface area (Å²) in [5, 5.41) is 1.08. The number of halogens is 2. The minimum absolute atomic E-state index is 1.08. The maximum absolute atomic E-state index is 5.57. The predicted octanol–water partition coefficient (Wildman–Crippen LogP) is 2.75. The van der Waals surface area contributed by atoms with Crippen molar-refractivity contribution in [1.29, 1.82) is 0 Å². The van der Waals surface area contributed by atoms with Crippen molar-refractivity contribution in [3.8, 4) is 0 Å². The molecule has 0 aromatic rings. The van der Waals surface area contributed by atoms with Gasteiger partial charge >= 0.3 is 57.6 Å². The molecule has 3 heteroatoms. The third-order valence-corrected chi connectivity index (χ3v) is 3.81. The van der Waals surface area contributed by atoms with Crippen LogP contribution in [0.25, 0.3) is 0 Å². The molecule has 0 atom stereocenters. The zero-order valence-corrected chi connectivity index (χ0v) is 7.71. The number of hydrogen-bond donors (Lipinski definition) is 0. The van der Waals surface area contributed by atoms with Crippen molar-refractivity contribution in [3.63, 3.8) is 0 Å². The monoisotopic (exact) mass is 202 g/mol. The van der Waals surface area contributed by atoms with Gasteiger partial charge in [-0.25, -0.2) is 0 Å². The van der Waals surface area contributed by atoms with Crippen LogP contribution < -0.4 is 0 Å². The van der Waals surface area contributed by atoms with Gasteiger partial charge in [0.1, 0.15) is 0 Å². The molecular formula is C4H9AsCl2. The van der Waals surface area contributed by atoms with Crippen LogP contribution in [0.5, 0.6) is 0 Å². The van der Waals surface area contributed by atoms with E-state index in [9.17, 15) is 0 Å². The molecule has 0 saturated carbocycles. The first-order valence-corrected chi connectivity index (χ1v) is 8.62. The SMILES string of the molecule is CCCC[As](Cl)Cl. The Bertz CT molecular complexity index is 38.7. The average Bonchev–Trinajstić information content (AvgIpc) is 1.61.